The second-order valence-corrected chi connectivity index (χ2v) is 9.09. The number of ether oxygens (including phenoxy) is 1. The van der Waals surface area contributed by atoms with E-state index >= 15 is 0 Å². The number of aromatic hydroxyl groups is 1. The lowest BCUT2D eigenvalue weighted by molar-refractivity contribution is 0.102. The molecule has 0 atom stereocenters. The minimum atomic E-state index is -0.928. The normalized spacial score (nSPS) is 11.9. The van der Waals surface area contributed by atoms with Crippen LogP contribution in [0, 0.1) is 5.82 Å². The topological polar surface area (TPSA) is 116 Å². The van der Waals surface area contributed by atoms with Crippen LogP contribution in [0.5, 0.6) is 16.7 Å². The van der Waals surface area contributed by atoms with Gasteiger partial charge in [-0.25, -0.2) is 9.18 Å². The molecule has 0 bridgehead atoms. The Balaban J connectivity index is 1.76. The quantitative estimate of drug-likeness (QED) is 0.137. The summed E-state index contributed by atoms with van der Waals surface area (Å²) in [5.74, 6) is -1.23. The molecule has 7 nitrogen and oxygen atoms in total. The maximum atomic E-state index is 13.3. The molecule has 35 heavy (non-hydrogen) atoms. The molecule has 0 saturated carbocycles. The van der Waals surface area contributed by atoms with Crippen LogP contribution in [0.2, 0.25) is 10.2 Å². The average molecular weight is 539 g/mol. The fraction of sp³-hybridized carbons (Fsp3) is 0.208. The highest BCUT2D eigenvalue weighted by Crippen LogP contribution is 2.35. The molecule has 0 saturated heterocycles. The zero-order valence-electron chi connectivity index (χ0n) is 18.5. The van der Waals surface area contributed by atoms with E-state index in [1.165, 1.54) is 31.2 Å². The van der Waals surface area contributed by atoms with Crippen molar-refractivity contribution in [3.05, 3.63) is 84.6 Å². The van der Waals surface area contributed by atoms with Crippen LogP contribution < -0.4 is 16.1 Å². The summed E-state index contributed by atoms with van der Waals surface area (Å²) in [6.45, 7) is 1.92. The predicted molar refractivity (Wildman–Crippen MR) is 134 cm³/mol. The number of hydrogen-bond donors (Lipinski definition) is 2. The minimum Gasteiger partial charge on any atom is -0.507 e. The van der Waals surface area contributed by atoms with Crippen molar-refractivity contribution in [3.63, 3.8) is 0 Å². The molecule has 3 N–H and O–H groups in total. The third kappa shape index (κ3) is 7.02. The molecular weight excluding hydrogens is 518 g/mol. The van der Waals surface area contributed by atoms with Crippen molar-refractivity contribution in [1.29, 1.82) is 0 Å². The van der Waals surface area contributed by atoms with E-state index in [0.29, 0.717) is 24.3 Å². The van der Waals surface area contributed by atoms with E-state index in [4.69, 9.17) is 38.1 Å². The van der Waals surface area contributed by atoms with Gasteiger partial charge in [0.25, 0.3) is 5.19 Å². The maximum Gasteiger partial charge on any atom is 0.351 e. The van der Waals surface area contributed by atoms with E-state index in [2.05, 4.69) is 4.98 Å². The first-order valence-corrected chi connectivity index (χ1v) is 12.0. The lowest BCUT2D eigenvalue weighted by Crippen LogP contribution is -2.16. The lowest BCUT2D eigenvalue weighted by Gasteiger charge is -2.05. The standard InChI is InChI=1S/C24H21Cl2FN2O5S/c1-13(10-19-22(26)29-24(35-19)34-15-7-8-17(27)16(25)11-15)21(31)20-18(30)12-14(33-23(20)32)6-4-2-3-5-9-28/h3,5,7-8,10-12,30H,2,4,6,9,28H2,1H3/b5-3+,13-10+. The first-order chi connectivity index (χ1) is 16.7. The first kappa shape index (κ1) is 26.6. The number of unbranched alkanes of at least 4 members (excludes halogenated alkanes) is 1. The number of aryl methyl sites for hydroxylation is 1. The van der Waals surface area contributed by atoms with E-state index in [1.807, 2.05) is 12.2 Å². The predicted octanol–water partition coefficient (Wildman–Crippen LogP) is 6.16. The summed E-state index contributed by atoms with van der Waals surface area (Å²) in [4.78, 5) is 29.7. The summed E-state index contributed by atoms with van der Waals surface area (Å²) in [6.07, 6.45) is 7.00. The second-order valence-electron chi connectivity index (χ2n) is 7.33. The van der Waals surface area contributed by atoms with E-state index in [0.717, 1.165) is 23.8 Å². The molecule has 2 aromatic heterocycles. The number of Topliss-reactive ketones (excluding diaryl/α,β-unsaturated/α-hetero) is 1. The van der Waals surface area contributed by atoms with Crippen molar-refractivity contribution in [2.24, 2.45) is 5.73 Å². The van der Waals surface area contributed by atoms with Gasteiger partial charge in [0.15, 0.2) is 10.9 Å². The molecule has 1 aromatic carbocycles. The van der Waals surface area contributed by atoms with Crippen molar-refractivity contribution < 1.29 is 23.4 Å². The molecule has 3 rings (SSSR count). The molecule has 3 aromatic rings. The summed E-state index contributed by atoms with van der Waals surface area (Å²) < 4.78 is 24.1. The fourth-order valence-corrected chi connectivity index (χ4v) is 4.29. The Morgan fingerprint density at radius 1 is 1.31 bits per heavy atom. The van der Waals surface area contributed by atoms with Gasteiger partial charge in [0.05, 0.1) is 9.90 Å². The minimum absolute atomic E-state index is 0.0562. The molecule has 0 fully saturated rings. The van der Waals surface area contributed by atoms with Crippen LogP contribution in [0.25, 0.3) is 6.08 Å². The lowest BCUT2D eigenvalue weighted by atomic mass is 10.0. The van der Waals surface area contributed by atoms with Crippen molar-refractivity contribution in [3.8, 4) is 16.7 Å². The number of nitrogens with zero attached hydrogens (tertiary/aromatic N) is 1. The zero-order chi connectivity index (χ0) is 25.5. The molecule has 0 aliphatic rings. The van der Waals surface area contributed by atoms with Gasteiger partial charge in [-0.05, 0) is 43.5 Å². The average Bonchev–Trinajstić information content (AvgIpc) is 3.14. The van der Waals surface area contributed by atoms with Crippen LogP contribution in [0.4, 0.5) is 4.39 Å². The van der Waals surface area contributed by atoms with Crippen LogP contribution in [0.3, 0.4) is 0 Å². The fourth-order valence-electron chi connectivity index (χ4n) is 3.00. The molecule has 0 unspecified atom stereocenters. The number of hydrogen-bond acceptors (Lipinski definition) is 8. The van der Waals surface area contributed by atoms with Crippen molar-refractivity contribution in [2.45, 2.75) is 26.2 Å². The van der Waals surface area contributed by atoms with Gasteiger partial charge in [0.1, 0.15) is 28.6 Å². The number of carbonyl (C=O) groups is 1. The van der Waals surface area contributed by atoms with Gasteiger partial charge in [-0.3, -0.25) is 4.79 Å². The van der Waals surface area contributed by atoms with Crippen molar-refractivity contribution in [2.75, 3.05) is 6.54 Å². The number of benzene rings is 1. The van der Waals surface area contributed by atoms with Gasteiger partial charge in [0.2, 0.25) is 0 Å². The summed E-state index contributed by atoms with van der Waals surface area (Å²) in [6, 6.07) is 5.09. The molecule has 0 spiro atoms. The molecule has 11 heteroatoms. The molecule has 0 aliphatic heterocycles. The highest BCUT2D eigenvalue weighted by Gasteiger charge is 2.21. The number of nitrogens with two attached hydrogens (primary N) is 1. The zero-order valence-corrected chi connectivity index (χ0v) is 20.8. The van der Waals surface area contributed by atoms with Gasteiger partial charge in [-0.1, -0.05) is 46.7 Å². The third-order valence-corrected chi connectivity index (χ3v) is 6.27. The molecule has 184 valence electrons. The van der Waals surface area contributed by atoms with E-state index < -0.39 is 28.5 Å². The second kappa shape index (κ2) is 12.1. The smallest absolute Gasteiger partial charge is 0.351 e. The molecular formula is C24H21Cl2FN2O5S. The molecule has 0 aliphatic carbocycles. The number of thiazole rings is 1. The first-order valence-electron chi connectivity index (χ1n) is 10.4. The number of ketones is 1. The highest BCUT2D eigenvalue weighted by atomic mass is 35.5. The molecule has 0 amide bonds. The number of halogens is 3. The Morgan fingerprint density at radius 3 is 2.77 bits per heavy atom. The number of aromatic nitrogens is 1. The van der Waals surface area contributed by atoms with E-state index in [-0.39, 0.29) is 32.5 Å². The van der Waals surface area contributed by atoms with Gasteiger partial charge < -0.3 is 20.0 Å². The summed E-state index contributed by atoms with van der Waals surface area (Å²) >= 11 is 12.9. The molecule has 2 heterocycles. The Labute approximate surface area is 214 Å². The number of allylic oxidation sites excluding steroid dienone is 2. The SMILES string of the molecule is C/C(=C\c1sc(Oc2ccc(F)c(Cl)c2)nc1Cl)C(=O)c1c(O)cc(CCC/C=C/CN)oc1=O. The van der Waals surface area contributed by atoms with Gasteiger partial charge in [-0.15, -0.1) is 0 Å². The number of rotatable bonds is 10. The largest absolute Gasteiger partial charge is 0.507 e. The maximum absolute atomic E-state index is 13.3. The number of carbonyl (C=O) groups excluding carboxylic acids is 1. The van der Waals surface area contributed by atoms with Crippen LogP contribution >= 0.6 is 34.5 Å². The molecule has 0 radical (unpaired) electrons. The van der Waals surface area contributed by atoms with Gasteiger partial charge in [-0.2, -0.15) is 4.98 Å². The van der Waals surface area contributed by atoms with Gasteiger partial charge in [0, 0.05) is 25.1 Å². The van der Waals surface area contributed by atoms with Gasteiger partial charge >= 0.3 is 5.63 Å². The van der Waals surface area contributed by atoms with E-state index in [9.17, 15) is 19.1 Å². The van der Waals surface area contributed by atoms with Crippen LogP contribution in [-0.2, 0) is 6.42 Å². The van der Waals surface area contributed by atoms with Crippen LogP contribution in [0.15, 0.2) is 51.2 Å². The third-order valence-electron chi connectivity index (χ3n) is 4.70. The van der Waals surface area contributed by atoms with Crippen molar-refractivity contribution in [1.82, 2.24) is 4.98 Å². The highest BCUT2D eigenvalue weighted by molar-refractivity contribution is 7.14. The summed E-state index contributed by atoms with van der Waals surface area (Å²) in [5, 5.41) is 10.4. The summed E-state index contributed by atoms with van der Waals surface area (Å²) in [5.41, 5.74) is 4.10. The van der Waals surface area contributed by atoms with Crippen LogP contribution in [-0.4, -0.2) is 22.4 Å². The Bertz CT molecular complexity index is 1350. The Kier molecular flexibility index (Phi) is 9.22. The Hall–Kier alpha value is -2.98. The monoisotopic (exact) mass is 538 g/mol. The van der Waals surface area contributed by atoms with E-state index in [1.54, 1.807) is 0 Å². The van der Waals surface area contributed by atoms with Crippen molar-refractivity contribution >= 4 is 46.4 Å². The van der Waals surface area contributed by atoms with Crippen LogP contribution in [0.1, 0.15) is 40.8 Å². The Morgan fingerprint density at radius 2 is 2.09 bits per heavy atom. The summed E-state index contributed by atoms with van der Waals surface area (Å²) in [7, 11) is 0.